The monoisotopic (exact) mass is 304 g/mol. The lowest BCUT2D eigenvalue weighted by molar-refractivity contribution is -0.141. The van der Waals surface area contributed by atoms with E-state index in [1.165, 1.54) is 0 Å². The normalized spacial score (nSPS) is 29.4. The Hall–Kier alpha value is -1.67. The van der Waals surface area contributed by atoms with Gasteiger partial charge in [-0.25, -0.2) is 14.5 Å². The van der Waals surface area contributed by atoms with Crippen molar-refractivity contribution < 1.29 is 34.3 Å². The van der Waals surface area contributed by atoms with Gasteiger partial charge in [0.25, 0.3) is 14.2 Å². The van der Waals surface area contributed by atoms with E-state index in [0.29, 0.717) is 0 Å². The highest BCUT2D eigenvalue weighted by Crippen LogP contribution is 2.33. The van der Waals surface area contributed by atoms with Gasteiger partial charge in [-0.2, -0.15) is 5.26 Å². The lowest BCUT2D eigenvalue weighted by atomic mass is 10.2. The van der Waals surface area contributed by atoms with Gasteiger partial charge < -0.3 is 29.5 Å². The maximum absolute atomic E-state index is 11.0. The zero-order valence-electron chi connectivity index (χ0n) is 9.64. The first-order chi connectivity index (χ1) is 9.43. The Kier molecular flexibility index (Phi) is 4.24. The molecule has 11 nitrogen and oxygen atoms in total. The molecule has 0 saturated carbocycles. The molecular weight excluding hydrogens is 295 g/mol. The first-order valence-corrected chi connectivity index (χ1v) is 6.40. The SMILES string of the molecule is N#Cc1ncn([C@@H]2O[C@H](OC(=O)P(O)O)[C@@H](O)[C@H]2O)n1. The van der Waals surface area contributed by atoms with Crippen LogP contribution >= 0.6 is 8.38 Å². The second kappa shape index (κ2) is 5.76. The summed E-state index contributed by atoms with van der Waals surface area (Å²) in [7, 11) is -2.99. The Morgan fingerprint density at radius 2 is 2.20 bits per heavy atom. The fourth-order valence-corrected chi connectivity index (χ4v) is 1.74. The molecule has 0 aliphatic carbocycles. The van der Waals surface area contributed by atoms with Crippen LogP contribution in [-0.2, 0) is 9.47 Å². The number of carbonyl (C=O) groups is 1. The van der Waals surface area contributed by atoms with Gasteiger partial charge in [0.15, 0.2) is 6.23 Å². The van der Waals surface area contributed by atoms with Crippen molar-refractivity contribution >= 4 is 14.1 Å². The van der Waals surface area contributed by atoms with E-state index in [1.54, 1.807) is 6.07 Å². The summed E-state index contributed by atoms with van der Waals surface area (Å²) < 4.78 is 10.5. The van der Waals surface area contributed by atoms with Gasteiger partial charge in [0.1, 0.15) is 24.6 Å². The molecule has 0 radical (unpaired) electrons. The number of aliphatic hydroxyl groups excluding tert-OH is 2. The molecule has 1 fully saturated rings. The van der Waals surface area contributed by atoms with Crippen molar-refractivity contribution in [3.05, 3.63) is 12.2 Å². The number of rotatable bonds is 3. The number of hydrogen-bond acceptors (Lipinski definition) is 10. The second-order valence-electron chi connectivity index (χ2n) is 3.71. The minimum absolute atomic E-state index is 0.176. The smallest absolute Gasteiger partial charge is 0.386 e. The van der Waals surface area contributed by atoms with Crippen LogP contribution in [0, 0.1) is 11.3 Å². The molecule has 1 aromatic rings. The second-order valence-corrected chi connectivity index (χ2v) is 4.65. The molecule has 4 atom stereocenters. The summed E-state index contributed by atoms with van der Waals surface area (Å²) in [6.07, 6.45) is -4.87. The van der Waals surface area contributed by atoms with Crippen molar-refractivity contribution in [2.24, 2.45) is 0 Å². The summed E-state index contributed by atoms with van der Waals surface area (Å²) in [4.78, 5) is 31.9. The van der Waals surface area contributed by atoms with Crippen LogP contribution in [0.15, 0.2) is 6.33 Å². The van der Waals surface area contributed by atoms with Crippen molar-refractivity contribution in [2.45, 2.75) is 24.7 Å². The largest absolute Gasteiger partial charge is 0.426 e. The Bertz CT molecular complexity index is 543. The van der Waals surface area contributed by atoms with E-state index in [9.17, 15) is 15.0 Å². The third-order valence-corrected chi connectivity index (χ3v) is 2.88. The quantitative estimate of drug-likeness (QED) is 0.465. The molecule has 1 aromatic heterocycles. The maximum Gasteiger partial charge on any atom is 0.386 e. The van der Waals surface area contributed by atoms with Crippen molar-refractivity contribution in [3.63, 3.8) is 0 Å². The third-order valence-electron chi connectivity index (χ3n) is 2.44. The van der Waals surface area contributed by atoms with Crippen LogP contribution in [-0.4, -0.2) is 59.0 Å². The topological polar surface area (TPSA) is 171 Å². The van der Waals surface area contributed by atoms with E-state index in [0.717, 1.165) is 11.0 Å². The molecule has 0 amide bonds. The van der Waals surface area contributed by atoms with Crippen molar-refractivity contribution in [3.8, 4) is 6.07 Å². The summed E-state index contributed by atoms with van der Waals surface area (Å²) in [5.41, 5.74) is -1.38. The Morgan fingerprint density at radius 3 is 2.75 bits per heavy atom. The Labute approximate surface area is 112 Å². The highest BCUT2D eigenvalue weighted by molar-refractivity contribution is 7.63. The van der Waals surface area contributed by atoms with E-state index in [2.05, 4.69) is 14.8 Å². The molecular formula is C8H9N4O7P. The number of nitriles is 1. The van der Waals surface area contributed by atoms with Gasteiger partial charge in [0.05, 0.1) is 0 Å². The standard InChI is InChI=1S/C8H9N4O7P/c9-1-3-10-2-12(11-3)6-4(13)5(14)7(18-6)19-8(15)20(16)17/h2,4-7,13-14,16-17H/t4-,5+,6-,7-/m1/s1. The summed E-state index contributed by atoms with van der Waals surface area (Å²) in [5.74, 6) is -0.176. The molecule has 0 spiro atoms. The summed E-state index contributed by atoms with van der Waals surface area (Å²) in [6, 6.07) is 1.66. The van der Waals surface area contributed by atoms with Crippen LogP contribution in [0.25, 0.3) is 0 Å². The van der Waals surface area contributed by atoms with E-state index >= 15 is 0 Å². The summed E-state index contributed by atoms with van der Waals surface area (Å²) in [5, 5.41) is 31.6. The Morgan fingerprint density at radius 1 is 1.50 bits per heavy atom. The predicted octanol–water partition coefficient (Wildman–Crippen LogP) is -1.84. The van der Waals surface area contributed by atoms with Crippen LogP contribution in [0.5, 0.6) is 0 Å². The average molecular weight is 304 g/mol. The van der Waals surface area contributed by atoms with Crippen LogP contribution in [0.2, 0.25) is 0 Å². The number of aliphatic hydroxyl groups is 2. The zero-order chi connectivity index (χ0) is 14.9. The van der Waals surface area contributed by atoms with Gasteiger partial charge >= 0.3 is 5.71 Å². The fourth-order valence-electron chi connectivity index (χ4n) is 1.54. The lowest BCUT2D eigenvalue weighted by Gasteiger charge is -2.14. The molecule has 0 bridgehead atoms. The minimum Gasteiger partial charge on any atom is -0.426 e. The first-order valence-electron chi connectivity index (χ1n) is 5.15. The minimum atomic E-state index is -2.99. The average Bonchev–Trinajstić information content (AvgIpc) is 2.98. The highest BCUT2D eigenvalue weighted by Gasteiger charge is 2.47. The number of ether oxygens (including phenoxy) is 2. The van der Waals surface area contributed by atoms with Gasteiger partial charge in [-0.1, -0.05) is 0 Å². The van der Waals surface area contributed by atoms with Gasteiger partial charge in [-0.05, 0) is 0 Å². The molecule has 0 aromatic carbocycles. The molecule has 0 unspecified atom stereocenters. The van der Waals surface area contributed by atoms with Crippen molar-refractivity contribution in [1.29, 1.82) is 5.26 Å². The molecule has 1 saturated heterocycles. The zero-order valence-corrected chi connectivity index (χ0v) is 10.5. The van der Waals surface area contributed by atoms with Crippen LogP contribution in [0.4, 0.5) is 4.79 Å². The number of hydrogen-bond donors (Lipinski definition) is 4. The van der Waals surface area contributed by atoms with E-state index < -0.39 is 38.8 Å². The maximum atomic E-state index is 11.0. The predicted molar refractivity (Wildman–Crippen MR) is 58.5 cm³/mol. The molecule has 4 N–H and O–H groups in total. The summed E-state index contributed by atoms with van der Waals surface area (Å²) >= 11 is 0. The lowest BCUT2D eigenvalue weighted by Crippen LogP contribution is -2.33. The molecule has 2 heterocycles. The van der Waals surface area contributed by atoms with E-state index in [4.69, 9.17) is 19.8 Å². The molecule has 1 aliphatic heterocycles. The molecule has 20 heavy (non-hydrogen) atoms. The highest BCUT2D eigenvalue weighted by atomic mass is 31.2. The van der Waals surface area contributed by atoms with Crippen molar-refractivity contribution in [1.82, 2.24) is 14.8 Å². The van der Waals surface area contributed by atoms with Gasteiger partial charge in [0, 0.05) is 0 Å². The van der Waals surface area contributed by atoms with Crippen LogP contribution in [0.1, 0.15) is 12.1 Å². The Balaban J connectivity index is 2.10. The molecule has 2 rings (SSSR count). The molecule has 108 valence electrons. The number of aromatic nitrogens is 3. The molecule has 12 heteroatoms. The summed E-state index contributed by atoms with van der Waals surface area (Å²) in [6.45, 7) is 0. The van der Waals surface area contributed by atoms with E-state index in [-0.39, 0.29) is 5.82 Å². The number of nitrogens with zero attached hydrogens (tertiary/aromatic N) is 4. The third kappa shape index (κ3) is 2.75. The number of carbonyl (C=O) groups excluding carboxylic acids is 1. The van der Waals surface area contributed by atoms with Gasteiger partial charge in [0.2, 0.25) is 6.29 Å². The molecule has 1 aliphatic rings. The van der Waals surface area contributed by atoms with Crippen LogP contribution < -0.4 is 0 Å². The first kappa shape index (κ1) is 14.7. The van der Waals surface area contributed by atoms with Gasteiger partial charge in [-0.3, -0.25) is 0 Å². The van der Waals surface area contributed by atoms with E-state index in [1.807, 2.05) is 0 Å². The van der Waals surface area contributed by atoms with Crippen LogP contribution in [0.3, 0.4) is 0 Å². The van der Waals surface area contributed by atoms with Crippen molar-refractivity contribution in [2.75, 3.05) is 0 Å². The fraction of sp³-hybridized carbons (Fsp3) is 0.500. The van der Waals surface area contributed by atoms with Gasteiger partial charge in [-0.15, -0.1) is 5.10 Å².